The van der Waals surface area contributed by atoms with Crippen molar-refractivity contribution < 1.29 is 4.79 Å². The summed E-state index contributed by atoms with van der Waals surface area (Å²) in [5.74, 6) is 0.222. The number of hydrogen-bond acceptors (Lipinski definition) is 1. The molecule has 0 saturated heterocycles. The van der Waals surface area contributed by atoms with Crippen LogP contribution in [0.15, 0.2) is 60.7 Å². The summed E-state index contributed by atoms with van der Waals surface area (Å²) in [6, 6.07) is 16.5. The first kappa shape index (κ1) is 24.3. The lowest BCUT2D eigenvalue weighted by molar-refractivity contribution is 0.0909. The van der Waals surface area contributed by atoms with Crippen molar-refractivity contribution in [3.63, 3.8) is 0 Å². The van der Waals surface area contributed by atoms with E-state index in [4.69, 9.17) is 0 Å². The molecule has 0 N–H and O–H groups in total. The summed E-state index contributed by atoms with van der Waals surface area (Å²) < 4.78 is 1.93. The van der Waals surface area contributed by atoms with Crippen LogP contribution >= 0.6 is 0 Å². The Kier molecular flexibility index (Phi) is 10.6. The lowest BCUT2D eigenvalue weighted by atomic mass is 10.1. The maximum absolute atomic E-state index is 13.0. The monoisotopic (exact) mass is 431 g/mol. The van der Waals surface area contributed by atoms with Gasteiger partial charge in [-0.3, -0.25) is 9.36 Å². The number of rotatable bonds is 15. The number of aromatic nitrogens is 1. The zero-order valence-electron chi connectivity index (χ0n) is 20.0. The van der Waals surface area contributed by atoms with Gasteiger partial charge in [-0.2, -0.15) is 0 Å². The average molecular weight is 432 g/mol. The molecule has 0 aliphatic rings. The molecule has 0 radical (unpaired) electrons. The average Bonchev–Trinajstić information content (AvgIpc) is 3.16. The van der Waals surface area contributed by atoms with Gasteiger partial charge in [0.25, 0.3) is 0 Å². The van der Waals surface area contributed by atoms with Gasteiger partial charge < -0.3 is 0 Å². The van der Waals surface area contributed by atoms with Crippen LogP contribution in [0.4, 0.5) is 0 Å². The van der Waals surface area contributed by atoms with Crippen molar-refractivity contribution in [2.24, 2.45) is 0 Å². The van der Waals surface area contributed by atoms with E-state index in [0.717, 1.165) is 23.9 Å². The molecule has 2 aromatic carbocycles. The van der Waals surface area contributed by atoms with Gasteiger partial charge in [0.15, 0.2) is 0 Å². The molecule has 0 aliphatic carbocycles. The van der Waals surface area contributed by atoms with Gasteiger partial charge in [-0.05, 0) is 44.2 Å². The van der Waals surface area contributed by atoms with E-state index in [1.165, 1.54) is 81.4 Å². The zero-order chi connectivity index (χ0) is 22.4. The van der Waals surface area contributed by atoms with E-state index in [0.29, 0.717) is 6.42 Å². The van der Waals surface area contributed by atoms with Gasteiger partial charge in [-0.1, -0.05) is 107 Å². The number of benzene rings is 2. The zero-order valence-corrected chi connectivity index (χ0v) is 20.0. The molecule has 0 fully saturated rings. The summed E-state index contributed by atoms with van der Waals surface area (Å²) in [5.41, 5.74) is 2.07. The lowest BCUT2D eigenvalue weighted by Gasteiger charge is -2.06. The standard InChI is InChI=1S/C30H41NO/c1-2-3-4-5-6-7-8-9-10-11-12-13-14-15-16-25-30(32)31-28-23-19-17-21-26(28)27-22-18-20-24-29(27)31/h9-10,17-24H,2-8,11-16,25H2,1H3/b10-9-. The van der Waals surface area contributed by atoms with Gasteiger partial charge in [0, 0.05) is 17.2 Å². The summed E-state index contributed by atoms with van der Waals surface area (Å²) in [6.07, 6.45) is 22.0. The number of fused-ring (bicyclic) bond motifs is 3. The molecular formula is C30H41NO. The maximum atomic E-state index is 13.0. The molecule has 32 heavy (non-hydrogen) atoms. The first-order valence-electron chi connectivity index (χ1n) is 13.0. The highest BCUT2D eigenvalue weighted by atomic mass is 16.2. The Balaban J connectivity index is 1.30. The van der Waals surface area contributed by atoms with Crippen molar-refractivity contribution in [3.05, 3.63) is 60.7 Å². The van der Waals surface area contributed by atoms with Crippen LogP contribution in [0.25, 0.3) is 21.8 Å². The predicted molar refractivity (Wildman–Crippen MR) is 140 cm³/mol. The number of carbonyl (C=O) groups excluding carboxylic acids is 1. The second kappa shape index (κ2) is 13.9. The smallest absolute Gasteiger partial charge is 0.231 e. The normalized spacial score (nSPS) is 11.8. The van der Waals surface area contributed by atoms with Crippen LogP contribution in [-0.2, 0) is 0 Å². The van der Waals surface area contributed by atoms with E-state index < -0.39 is 0 Å². The molecule has 172 valence electrons. The predicted octanol–water partition coefficient (Wildman–Crippen LogP) is 9.47. The van der Waals surface area contributed by atoms with Crippen molar-refractivity contribution in [1.82, 2.24) is 4.57 Å². The Morgan fingerprint density at radius 1 is 0.656 bits per heavy atom. The number of carbonyl (C=O) groups is 1. The van der Waals surface area contributed by atoms with E-state index in [1.54, 1.807) is 0 Å². The van der Waals surface area contributed by atoms with Crippen molar-refractivity contribution in [2.75, 3.05) is 0 Å². The Bertz CT molecular complexity index is 928. The minimum atomic E-state index is 0.222. The third-order valence-corrected chi connectivity index (χ3v) is 6.48. The SMILES string of the molecule is CCCCCCCC/C=C\CCCCCCCC(=O)n1c2ccccc2c2ccccc21. The fourth-order valence-corrected chi connectivity index (χ4v) is 4.65. The first-order valence-corrected chi connectivity index (χ1v) is 13.0. The van der Waals surface area contributed by atoms with Gasteiger partial charge in [0.1, 0.15) is 0 Å². The molecule has 3 rings (SSSR count). The summed E-state index contributed by atoms with van der Waals surface area (Å²) in [6.45, 7) is 2.27. The molecule has 2 heteroatoms. The molecule has 1 aromatic heterocycles. The van der Waals surface area contributed by atoms with E-state index >= 15 is 0 Å². The highest BCUT2D eigenvalue weighted by Crippen LogP contribution is 2.29. The molecule has 0 spiro atoms. The van der Waals surface area contributed by atoms with Crippen LogP contribution in [0.1, 0.15) is 102 Å². The molecule has 0 bridgehead atoms. The second-order valence-corrected chi connectivity index (χ2v) is 9.10. The third kappa shape index (κ3) is 7.08. The minimum Gasteiger partial charge on any atom is -0.280 e. The third-order valence-electron chi connectivity index (χ3n) is 6.48. The molecule has 1 heterocycles. The van der Waals surface area contributed by atoms with E-state index in [2.05, 4.69) is 43.3 Å². The summed E-state index contributed by atoms with van der Waals surface area (Å²) in [4.78, 5) is 13.0. The number of allylic oxidation sites excluding steroid dienone is 2. The lowest BCUT2D eigenvalue weighted by Crippen LogP contribution is -2.09. The molecule has 0 atom stereocenters. The molecule has 0 aliphatic heterocycles. The summed E-state index contributed by atoms with van der Waals surface area (Å²) >= 11 is 0. The number of unbranched alkanes of at least 4 members (excludes halogenated alkanes) is 11. The fourth-order valence-electron chi connectivity index (χ4n) is 4.65. The quantitative estimate of drug-likeness (QED) is 0.173. The second-order valence-electron chi connectivity index (χ2n) is 9.10. The molecule has 2 nitrogen and oxygen atoms in total. The highest BCUT2D eigenvalue weighted by molar-refractivity contribution is 6.13. The van der Waals surface area contributed by atoms with E-state index in [1.807, 2.05) is 28.8 Å². The molecule has 0 unspecified atom stereocenters. The van der Waals surface area contributed by atoms with E-state index in [9.17, 15) is 4.79 Å². The van der Waals surface area contributed by atoms with Crippen LogP contribution in [0.3, 0.4) is 0 Å². The van der Waals surface area contributed by atoms with Crippen LogP contribution in [0.2, 0.25) is 0 Å². The molecule has 0 amide bonds. The molecule has 3 aromatic rings. The summed E-state index contributed by atoms with van der Waals surface area (Å²) in [7, 11) is 0. The van der Waals surface area contributed by atoms with Crippen molar-refractivity contribution in [3.8, 4) is 0 Å². The van der Waals surface area contributed by atoms with Gasteiger partial charge in [-0.25, -0.2) is 0 Å². The number of hydrogen-bond donors (Lipinski definition) is 0. The fraction of sp³-hybridized carbons (Fsp3) is 0.500. The van der Waals surface area contributed by atoms with Crippen LogP contribution in [0, 0.1) is 0 Å². The minimum absolute atomic E-state index is 0.222. The van der Waals surface area contributed by atoms with Crippen LogP contribution in [0.5, 0.6) is 0 Å². The van der Waals surface area contributed by atoms with Gasteiger partial charge in [0.2, 0.25) is 5.91 Å². The van der Waals surface area contributed by atoms with Gasteiger partial charge in [0.05, 0.1) is 11.0 Å². The maximum Gasteiger partial charge on any atom is 0.231 e. The van der Waals surface area contributed by atoms with Crippen molar-refractivity contribution in [2.45, 2.75) is 96.8 Å². The van der Waals surface area contributed by atoms with Crippen molar-refractivity contribution >= 4 is 27.7 Å². The van der Waals surface area contributed by atoms with E-state index in [-0.39, 0.29) is 5.91 Å². The number of nitrogens with zero attached hydrogens (tertiary/aromatic N) is 1. The summed E-state index contributed by atoms with van der Waals surface area (Å²) in [5, 5.41) is 2.34. The highest BCUT2D eigenvalue weighted by Gasteiger charge is 2.14. The van der Waals surface area contributed by atoms with Crippen molar-refractivity contribution in [1.29, 1.82) is 0 Å². The first-order chi connectivity index (χ1) is 15.8. The van der Waals surface area contributed by atoms with Gasteiger partial charge >= 0.3 is 0 Å². The molecular weight excluding hydrogens is 390 g/mol. The Morgan fingerprint density at radius 3 is 1.69 bits per heavy atom. The Labute approximate surface area is 194 Å². The Morgan fingerprint density at radius 2 is 1.12 bits per heavy atom. The largest absolute Gasteiger partial charge is 0.280 e. The topological polar surface area (TPSA) is 22.0 Å². The van der Waals surface area contributed by atoms with Crippen LogP contribution in [-0.4, -0.2) is 10.5 Å². The Hall–Kier alpha value is -2.35. The van der Waals surface area contributed by atoms with Crippen LogP contribution < -0.4 is 0 Å². The van der Waals surface area contributed by atoms with Gasteiger partial charge in [-0.15, -0.1) is 0 Å². The number of para-hydroxylation sites is 2. The molecule has 0 saturated carbocycles.